The number of carbonyl (C=O) groups is 1. The highest BCUT2D eigenvalue weighted by Crippen LogP contribution is 2.27. The molecular weight excluding hydrogens is 422 g/mol. The van der Waals surface area contributed by atoms with Crippen molar-refractivity contribution >= 4 is 38.6 Å². The summed E-state index contributed by atoms with van der Waals surface area (Å²) in [5.74, 6) is 0.0873. The van der Waals surface area contributed by atoms with Crippen LogP contribution in [-0.2, 0) is 14.8 Å². The zero-order valence-electron chi connectivity index (χ0n) is 16.3. The van der Waals surface area contributed by atoms with Gasteiger partial charge < -0.3 is 10.1 Å². The Morgan fingerprint density at radius 2 is 1.80 bits per heavy atom. The molecule has 0 bridgehead atoms. The van der Waals surface area contributed by atoms with E-state index in [9.17, 15) is 13.2 Å². The number of sulfonamides is 1. The number of thiophene rings is 1. The highest BCUT2D eigenvalue weighted by atomic mass is 32.2. The van der Waals surface area contributed by atoms with Crippen LogP contribution in [-0.4, -0.2) is 27.5 Å². The molecular formula is C21H19N3O4S2. The zero-order chi connectivity index (χ0) is 21.7. The van der Waals surface area contributed by atoms with Gasteiger partial charge in [0.1, 0.15) is 9.96 Å². The number of hydrogen-bond donors (Lipinski definition) is 1. The summed E-state index contributed by atoms with van der Waals surface area (Å²) in [4.78, 5) is 12.3. The van der Waals surface area contributed by atoms with Crippen molar-refractivity contribution < 1.29 is 17.9 Å². The first-order valence-electron chi connectivity index (χ1n) is 8.91. The molecule has 1 heterocycles. The topological polar surface area (TPSA) is 99.5 Å². The van der Waals surface area contributed by atoms with Gasteiger partial charge in [-0.3, -0.25) is 9.10 Å². The predicted molar refractivity (Wildman–Crippen MR) is 116 cm³/mol. The number of anilines is 2. The van der Waals surface area contributed by atoms with E-state index in [4.69, 9.17) is 10.00 Å². The maximum absolute atomic E-state index is 12.6. The first kappa shape index (κ1) is 21.4. The van der Waals surface area contributed by atoms with Crippen LogP contribution in [0.5, 0.6) is 5.75 Å². The molecule has 0 radical (unpaired) electrons. The van der Waals surface area contributed by atoms with Crippen LogP contribution in [0.2, 0.25) is 0 Å². The molecule has 2 aromatic carbocycles. The standard InChI is InChI=1S/C21H19N3O4S2/c1-15(21(25)23-17-7-5-16(14-22)6-8-17)28-19-11-9-18(10-12-19)24(2)30(26,27)20-4-3-13-29-20/h3-13,15H,1-2H3,(H,23,25)/t15-/m1/s1. The quantitative estimate of drug-likeness (QED) is 0.600. The van der Waals surface area contributed by atoms with Crippen molar-refractivity contribution in [1.29, 1.82) is 5.26 Å². The Bertz CT molecular complexity index is 1150. The van der Waals surface area contributed by atoms with E-state index in [1.807, 2.05) is 6.07 Å². The smallest absolute Gasteiger partial charge is 0.273 e. The number of nitrogens with zero attached hydrogens (tertiary/aromatic N) is 2. The monoisotopic (exact) mass is 441 g/mol. The predicted octanol–water partition coefficient (Wildman–Crippen LogP) is 3.85. The van der Waals surface area contributed by atoms with E-state index in [2.05, 4.69) is 5.32 Å². The van der Waals surface area contributed by atoms with Crippen molar-refractivity contribution in [2.45, 2.75) is 17.2 Å². The lowest BCUT2D eigenvalue weighted by atomic mass is 10.2. The van der Waals surface area contributed by atoms with Crippen LogP contribution in [0.15, 0.2) is 70.3 Å². The van der Waals surface area contributed by atoms with Gasteiger partial charge in [-0.15, -0.1) is 11.3 Å². The lowest BCUT2D eigenvalue weighted by Gasteiger charge is -2.19. The molecule has 0 unspecified atom stereocenters. The van der Waals surface area contributed by atoms with Gasteiger partial charge in [0.15, 0.2) is 6.10 Å². The molecule has 9 heteroatoms. The van der Waals surface area contributed by atoms with Crippen LogP contribution in [0.4, 0.5) is 11.4 Å². The van der Waals surface area contributed by atoms with E-state index in [1.165, 1.54) is 11.4 Å². The Morgan fingerprint density at radius 3 is 2.37 bits per heavy atom. The minimum absolute atomic E-state index is 0.262. The van der Waals surface area contributed by atoms with Crippen LogP contribution in [0.25, 0.3) is 0 Å². The van der Waals surface area contributed by atoms with E-state index in [-0.39, 0.29) is 10.1 Å². The normalized spacial score (nSPS) is 11.9. The number of hydrogen-bond acceptors (Lipinski definition) is 6. The third-order valence-corrected chi connectivity index (χ3v) is 7.43. The first-order chi connectivity index (χ1) is 14.3. The number of amides is 1. The summed E-state index contributed by atoms with van der Waals surface area (Å²) in [6.45, 7) is 1.61. The number of carbonyl (C=O) groups excluding carboxylic acids is 1. The van der Waals surface area contributed by atoms with Crippen molar-refractivity contribution in [3.63, 3.8) is 0 Å². The van der Waals surface area contributed by atoms with E-state index >= 15 is 0 Å². The lowest BCUT2D eigenvalue weighted by molar-refractivity contribution is -0.122. The maximum atomic E-state index is 12.6. The van der Waals surface area contributed by atoms with Gasteiger partial charge in [-0.25, -0.2) is 8.42 Å². The zero-order valence-corrected chi connectivity index (χ0v) is 17.9. The molecule has 0 aliphatic rings. The van der Waals surface area contributed by atoms with Gasteiger partial charge in [-0.2, -0.15) is 5.26 Å². The molecule has 1 atom stereocenters. The lowest BCUT2D eigenvalue weighted by Crippen LogP contribution is -2.30. The van der Waals surface area contributed by atoms with Gasteiger partial charge in [0.25, 0.3) is 15.9 Å². The molecule has 0 aliphatic heterocycles. The highest BCUT2D eigenvalue weighted by molar-refractivity contribution is 7.94. The van der Waals surface area contributed by atoms with Gasteiger partial charge in [-0.1, -0.05) is 6.07 Å². The molecule has 0 saturated heterocycles. The maximum Gasteiger partial charge on any atom is 0.273 e. The van der Waals surface area contributed by atoms with Crippen molar-refractivity contribution in [3.05, 3.63) is 71.6 Å². The highest BCUT2D eigenvalue weighted by Gasteiger charge is 2.22. The SMILES string of the molecule is C[C@@H](Oc1ccc(N(C)S(=O)(=O)c2cccs2)cc1)C(=O)Nc1ccc(C#N)cc1. The third kappa shape index (κ3) is 4.79. The molecule has 1 N–H and O–H groups in total. The fourth-order valence-corrected chi connectivity index (χ4v) is 4.90. The van der Waals surface area contributed by atoms with E-state index < -0.39 is 16.1 Å². The average molecular weight is 442 g/mol. The summed E-state index contributed by atoms with van der Waals surface area (Å²) >= 11 is 1.16. The molecule has 0 saturated carbocycles. The number of nitriles is 1. The molecule has 3 rings (SSSR count). The van der Waals surface area contributed by atoms with E-state index in [1.54, 1.807) is 73.0 Å². The third-order valence-electron chi connectivity index (χ3n) is 4.27. The molecule has 7 nitrogen and oxygen atoms in total. The largest absolute Gasteiger partial charge is 0.481 e. The van der Waals surface area contributed by atoms with E-state index in [0.717, 1.165) is 11.3 Å². The Hall–Kier alpha value is -3.35. The number of rotatable bonds is 7. The summed E-state index contributed by atoms with van der Waals surface area (Å²) in [5, 5.41) is 13.2. The fourth-order valence-electron chi connectivity index (χ4n) is 2.55. The summed E-state index contributed by atoms with van der Waals surface area (Å²) in [6.07, 6.45) is -0.779. The van der Waals surface area contributed by atoms with Crippen LogP contribution in [0, 0.1) is 11.3 Å². The molecule has 3 aromatic rings. The van der Waals surface area contributed by atoms with Gasteiger partial charge in [-0.05, 0) is 66.9 Å². The molecule has 0 fully saturated rings. The van der Waals surface area contributed by atoms with E-state index in [0.29, 0.717) is 22.7 Å². The fraction of sp³-hybridized carbons (Fsp3) is 0.143. The van der Waals surface area contributed by atoms with Gasteiger partial charge in [0.05, 0.1) is 17.3 Å². The Kier molecular flexibility index (Phi) is 6.40. The second-order valence-corrected chi connectivity index (χ2v) is 9.48. The Labute approximate surface area is 179 Å². The Balaban J connectivity index is 1.63. The summed E-state index contributed by atoms with van der Waals surface area (Å²) in [6, 6.07) is 18.2. The average Bonchev–Trinajstić information content (AvgIpc) is 3.30. The number of benzene rings is 2. The van der Waals surface area contributed by atoms with Crippen molar-refractivity contribution in [3.8, 4) is 11.8 Å². The van der Waals surface area contributed by atoms with Gasteiger partial charge >= 0.3 is 0 Å². The van der Waals surface area contributed by atoms with Crippen molar-refractivity contribution in [1.82, 2.24) is 0 Å². The molecule has 1 aromatic heterocycles. The second-order valence-electron chi connectivity index (χ2n) is 6.34. The summed E-state index contributed by atoms with van der Waals surface area (Å²) < 4.78 is 32.3. The molecule has 30 heavy (non-hydrogen) atoms. The van der Waals surface area contributed by atoms with Crippen molar-refractivity contribution in [2.24, 2.45) is 0 Å². The second kappa shape index (κ2) is 8.98. The minimum Gasteiger partial charge on any atom is -0.481 e. The summed E-state index contributed by atoms with van der Waals surface area (Å²) in [7, 11) is -2.13. The van der Waals surface area contributed by atoms with Gasteiger partial charge in [0.2, 0.25) is 0 Å². The summed E-state index contributed by atoms with van der Waals surface area (Å²) in [5.41, 5.74) is 1.54. The minimum atomic E-state index is -3.61. The molecule has 154 valence electrons. The molecule has 0 spiro atoms. The van der Waals surface area contributed by atoms with Crippen LogP contribution in [0.1, 0.15) is 12.5 Å². The molecule has 0 aliphatic carbocycles. The first-order valence-corrected chi connectivity index (χ1v) is 11.2. The number of ether oxygens (including phenoxy) is 1. The number of nitrogens with one attached hydrogen (secondary N) is 1. The van der Waals surface area contributed by atoms with Crippen LogP contribution < -0.4 is 14.4 Å². The van der Waals surface area contributed by atoms with Gasteiger partial charge in [0, 0.05) is 12.7 Å². The van der Waals surface area contributed by atoms with Crippen LogP contribution in [0.3, 0.4) is 0 Å². The van der Waals surface area contributed by atoms with Crippen molar-refractivity contribution in [2.75, 3.05) is 16.7 Å². The Morgan fingerprint density at radius 1 is 1.13 bits per heavy atom. The molecule has 1 amide bonds. The van der Waals surface area contributed by atoms with Crippen LogP contribution >= 0.6 is 11.3 Å².